The van der Waals surface area contributed by atoms with Crippen molar-refractivity contribution in [1.29, 1.82) is 0 Å². The molecule has 1 aromatic carbocycles. The second-order valence-corrected chi connectivity index (χ2v) is 3.86. The predicted octanol–water partition coefficient (Wildman–Crippen LogP) is 3.69. The van der Waals surface area contributed by atoms with E-state index in [0.717, 1.165) is 11.3 Å². The summed E-state index contributed by atoms with van der Waals surface area (Å²) in [6.07, 6.45) is 7.51. The second-order valence-electron chi connectivity index (χ2n) is 3.86. The molecule has 19 heavy (non-hydrogen) atoms. The molecule has 4 heteroatoms. The number of aromatic amines is 1. The van der Waals surface area contributed by atoms with Gasteiger partial charge in [-0.15, -0.1) is 5.10 Å². The van der Waals surface area contributed by atoms with Crippen LogP contribution in [0.25, 0.3) is 5.57 Å². The summed E-state index contributed by atoms with van der Waals surface area (Å²) in [4.78, 5) is 4.40. The predicted molar refractivity (Wildman–Crippen MR) is 79.1 cm³/mol. The molecule has 1 aromatic heterocycles. The Bertz CT molecular complexity index is 594. The van der Waals surface area contributed by atoms with Gasteiger partial charge in [-0.05, 0) is 19.1 Å². The molecule has 0 amide bonds. The average Bonchev–Trinajstić information content (AvgIpc) is 2.88. The number of nitrogens with one attached hydrogen (secondary N) is 2. The zero-order valence-corrected chi connectivity index (χ0v) is 10.8. The van der Waals surface area contributed by atoms with Gasteiger partial charge in [0.05, 0.1) is 0 Å². The molecule has 0 radical (unpaired) electrons. The van der Waals surface area contributed by atoms with E-state index in [1.54, 1.807) is 6.08 Å². The second kappa shape index (κ2) is 6.35. The normalized spacial score (nSPS) is 11.7. The first kappa shape index (κ1) is 12.8. The third-order valence-corrected chi connectivity index (χ3v) is 2.43. The maximum Gasteiger partial charge on any atom is 0.246 e. The Labute approximate surface area is 112 Å². The van der Waals surface area contributed by atoms with Crippen LogP contribution in [0.1, 0.15) is 12.7 Å². The molecule has 0 saturated heterocycles. The summed E-state index contributed by atoms with van der Waals surface area (Å²) in [5.41, 5.74) is 1.89. The molecule has 1 heterocycles. The van der Waals surface area contributed by atoms with Crippen molar-refractivity contribution in [3.05, 3.63) is 67.0 Å². The van der Waals surface area contributed by atoms with Crippen LogP contribution < -0.4 is 5.32 Å². The van der Waals surface area contributed by atoms with E-state index >= 15 is 0 Å². The third-order valence-electron chi connectivity index (χ3n) is 2.43. The van der Waals surface area contributed by atoms with Gasteiger partial charge in [0.2, 0.25) is 5.95 Å². The van der Waals surface area contributed by atoms with Gasteiger partial charge in [0.25, 0.3) is 0 Å². The van der Waals surface area contributed by atoms with Gasteiger partial charge >= 0.3 is 0 Å². The average molecular weight is 252 g/mol. The van der Waals surface area contributed by atoms with Crippen molar-refractivity contribution in [3.8, 4) is 0 Å². The zero-order chi connectivity index (χ0) is 13.5. The standard InChI is InChI=1S/C15H16N4/c1-3-8-12(9-4-2)14-17-15(19-18-14)16-13-10-6-5-7-11-13/h3-11H,1H2,2H3,(H2,16,17,18,19)/b9-4-,12-8+. The van der Waals surface area contributed by atoms with E-state index in [1.807, 2.05) is 55.5 Å². The fourth-order valence-corrected chi connectivity index (χ4v) is 1.62. The lowest BCUT2D eigenvalue weighted by atomic mass is 10.2. The largest absolute Gasteiger partial charge is 0.323 e. The van der Waals surface area contributed by atoms with Crippen molar-refractivity contribution < 1.29 is 0 Å². The Morgan fingerprint density at radius 2 is 2.11 bits per heavy atom. The van der Waals surface area contributed by atoms with E-state index < -0.39 is 0 Å². The van der Waals surface area contributed by atoms with E-state index in [4.69, 9.17) is 0 Å². The van der Waals surface area contributed by atoms with Gasteiger partial charge in [0.15, 0.2) is 5.82 Å². The van der Waals surface area contributed by atoms with Gasteiger partial charge in [0.1, 0.15) is 0 Å². The van der Waals surface area contributed by atoms with Crippen LogP contribution in [-0.2, 0) is 0 Å². The highest BCUT2D eigenvalue weighted by atomic mass is 15.3. The van der Waals surface area contributed by atoms with Crippen molar-refractivity contribution in [2.24, 2.45) is 0 Å². The Kier molecular flexibility index (Phi) is 4.29. The minimum atomic E-state index is 0.542. The fourth-order valence-electron chi connectivity index (χ4n) is 1.62. The molecular formula is C15H16N4. The first-order chi connectivity index (χ1) is 9.33. The van der Waals surface area contributed by atoms with Crippen LogP contribution in [0.5, 0.6) is 0 Å². The van der Waals surface area contributed by atoms with Gasteiger partial charge in [-0.1, -0.05) is 49.1 Å². The Morgan fingerprint density at radius 1 is 1.32 bits per heavy atom. The number of para-hydroxylation sites is 1. The summed E-state index contributed by atoms with van der Waals surface area (Å²) in [7, 11) is 0. The highest BCUT2D eigenvalue weighted by molar-refractivity contribution is 5.71. The van der Waals surface area contributed by atoms with Crippen LogP contribution in [0, 0.1) is 0 Å². The van der Waals surface area contributed by atoms with Crippen LogP contribution >= 0.6 is 0 Å². The number of benzene rings is 1. The molecule has 4 nitrogen and oxygen atoms in total. The van der Waals surface area contributed by atoms with E-state index in [9.17, 15) is 0 Å². The molecule has 0 aliphatic heterocycles. The van der Waals surface area contributed by atoms with Crippen LogP contribution in [0.4, 0.5) is 11.6 Å². The number of H-pyrrole nitrogens is 1. The van der Waals surface area contributed by atoms with Crippen LogP contribution in [0.15, 0.2) is 61.2 Å². The van der Waals surface area contributed by atoms with Gasteiger partial charge < -0.3 is 5.32 Å². The summed E-state index contributed by atoms with van der Waals surface area (Å²) in [6, 6.07) is 9.80. The van der Waals surface area contributed by atoms with Crippen LogP contribution in [-0.4, -0.2) is 15.2 Å². The minimum Gasteiger partial charge on any atom is -0.323 e. The summed E-state index contributed by atoms with van der Waals surface area (Å²) in [5, 5.41) is 10.2. The highest BCUT2D eigenvalue weighted by Gasteiger charge is 2.05. The molecule has 0 bridgehead atoms. The Balaban J connectivity index is 2.19. The van der Waals surface area contributed by atoms with Gasteiger partial charge in [0, 0.05) is 11.3 Å². The van der Waals surface area contributed by atoms with E-state index in [0.29, 0.717) is 11.8 Å². The molecule has 0 unspecified atom stereocenters. The number of aromatic nitrogens is 3. The number of anilines is 2. The van der Waals surface area contributed by atoms with Gasteiger partial charge in [-0.2, -0.15) is 4.98 Å². The lowest BCUT2D eigenvalue weighted by Gasteiger charge is -1.99. The molecule has 0 aliphatic rings. The smallest absolute Gasteiger partial charge is 0.246 e. The van der Waals surface area contributed by atoms with Crippen molar-refractivity contribution in [2.45, 2.75) is 6.92 Å². The summed E-state index contributed by atoms with van der Waals surface area (Å²) < 4.78 is 0. The number of hydrogen-bond acceptors (Lipinski definition) is 3. The first-order valence-corrected chi connectivity index (χ1v) is 6.03. The molecule has 0 spiro atoms. The Hall–Kier alpha value is -2.62. The summed E-state index contributed by atoms with van der Waals surface area (Å²) in [6.45, 7) is 5.65. The molecule has 0 saturated carbocycles. The topological polar surface area (TPSA) is 53.6 Å². The number of allylic oxidation sites excluding steroid dienone is 5. The quantitative estimate of drug-likeness (QED) is 0.798. The Morgan fingerprint density at radius 3 is 2.79 bits per heavy atom. The van der Waals surface area contributed by atoms with E-state index in [-0.39, 0.29) is 0 Å². The summed E-state index contributed by atoms with van der Waals surface area (Å²) >= 11 is 0. The third kappa shape index (κ3) is 3.42. The number of nitrogens with zero attached hydrogens (tertiary/aromatic N) is 2. The molecule has 96 valence electrons. The fraction of sp³-hybridized carbons (Fsp3) is 0.0667. The molecule has 2 rings (SSSR count). The summed E-state index contributed by atoms with van der Waals surface area (Å²) in [5.74, 6) is 1.25. The van der Waals surface area contributed by atoms with Gasteiger partial charge in [-0.25, -0.2) is 0 Å². The van der Waals surface area contributed by atoms with Crippen molar-refractivity contribution in [2.75, 3.05) is 5.32 Å². The lowest BCUT2D eigenvalue weighted by Crippen LogP contribution is -1.91. The van der Waals surface area contributed by atoms with Gasteiger partial charge in [-0.3, -0.25) is 5.10 Å². The van der Waals surface area contributed by atoms with Crippen molar-refractivity contribution >= 4 is 17.2 Å². The van der Waals surface area contributed by atoms with E-state index in [2.05, 4.69) is 27.1 Å². The highest BCUT2D eigenvalue weighted by Crippen LogP contribution is 2.16. The zero-order valence-electron chi connectivity index (χ0n) is 10.8. The first-order valence-electron chi connectivity index (χ1n) is 6.03. The van der Waals surface area contributed by atoms with Crippen LogP contribution in [0.2, 0.25) is 0 Å². The molecule has 0 aliphatic carbocycles. The molecule has 0 atom stereocenters. The monoisotopic (exact) mass is 252 g/mol. The number of hydrogen-bond donors (Lipinski definition) is 2. The SMILES string of the molecule is C=C/C=C(\C=C/C)c1nc(Nc2ccccc2)n[nH]1. The molecule has 2 aromatic rings. The molecule has 0 fully saturated rings. The minimum absolute atomic E-state index is 0.542. The molecular weight excluding hydrogens is 236 g/mol. The van der Waals surface area contributed by atoms with Crippen molar-refractivity contribution in [3.63, 3.8) is 0 Å². The maximum atomic E-state index is 4.40. The van der Waals surface area contributed by atoms with Crippen LogP contribution in [0.3, 0.4) is 0 Å². The van der Waals surface area contributed by atoms with Crippen molar-refractivity contribution in [1.82, 2.24) is 15.2 Å². The lowest BCUT2D eigenvalue weighted by molar-refractivity contribution is 1.08. The maximum absolute atomic E-state index is 4.40. The van der Waals surface area contributed by atoms with E-state index in [1.165, 1.54) is 0 Å². The number of rotatable bonds is 5. The molecule has 2 N–H and O–H groups in total.